The van der Waals surface area contributed by atoms with Crippen LogP contribution >= 0.6 is 27.5 Å². The highest BCUT2D eigenvalue weighted by Gasteiger charge is 2.32. The van der Waals surface area contributed by atoms with Crippen LogP contribution in [0.15, 0.2) is 27.2 Å². The Hall–Kier alpha value is -0.910. The van der Waals surface area contributed by atoms with Crippen molar-refractivity contribution in [3.8, 4) is 11.5 Å². The molecule has 0 amide bonds. The molecule has 6 heteroatoms. The lowest BCUT2D eigenvalue weighted by Gasteiger charge is -2.02. The number of hydrogen-bond acceptors (Lipinski definition) is 4. The van der Waals surface area contributed by atoms with Gasteiger partial charge in [0.25, 0.3) is 5.89 Å². The monoisotopic (exact) mass is 327 g/mol. The highest BCUT2D eigenvalue weighted by Crippen LogP contribution is 2.39. The number of nitrogens with zero attached hydrogens (tertiary/aromatic N) is 2. The molecule has 94 valence electrons. The van der Waals surface area contributed by atoms with Crippen LogP contribution in [0.4, 0.5) is 0 Å². The Bertz CT molecular complexity index is 582. The second-order valence-electron chi connectivity index (χ2n) is 4.45. The molecule has 1 unspecified atom stereocenters. The first-order chi connectivity index (χ1) is 8.65. The zero-order valence-electron chi connectivity index (χ0n) is 9.44. The molecule has 4 nitrogen and oxygen atoms in total. The van der Waals surface area contributed by atoms with Gasteiger partial charge in [0.1, 0.15) is 0 Å². The molecule has 2 N–H and O–H groups in total. The molecule has 1 heterocycles. The number of nitrogens with two attached hydrogens (primary N) is 1. The van der Waals surface area contributed by atoms with Crippen LogP contribution in [-0.2, 0) is 0 Å². The van der Waals surface area contributed by atoms with E-state index >= 15 is 0 Å². The van der Waals surface area contributed by atoms with Gasteiger partial charge in [-0.1, -0.05) is 16.8 Å². The molecule has 1 fully saturated rings. The summed E-state index contributed by atoms with van der Waals surface area (Å²) in [5.74, 6) is 1.53. The van der Waals surface area contributed by atoms with Crippen LogP contribution in [-0.4, -0.2) is 10.1 Å². The van der Waals surface area contributed by atoms with Gasteiger partial charge >= 0.3 is 0 Å². The second kappa shape index (κ2) is 4.64. The number of rotatable bonds is 3. The molecule has 0 aliphatic heterocycles. The molecule has 3 rings (SSSR count). The van der Waals surface area contributed by atoms with Crippen molar-refractivity contribution >= 4 is 27.5 Å². The molecule has 1 atom stereocenters. The lowest BCUT2D eigenvalue weighted by Crippen LogP contribution is -2.13. The van der Waals surface area contributed by atoms with Crippen molar-refractivity contribution < 1.29 is 4.52 Å². The quantitative estimate of drug-likeness (QED) is 0.935. The van der Waals surface area contributed by atoms with Gasteiger partial charge in [-0.2, -0.15) is 4.98 Å². The maximum Gasteiger partial charge on any atom is 0.258 e. The fourth-order valence-electron chi connectivity index (χ4n) is 1.78. The number of benzene rings is 1. The van der Waals surface area contributed by atoms with Crippen molar-refractivity contribution in [3.63, 3.8) is 0 Å². The van der Waals surface area contributed by atoms with Crippen LogP contribution in [0, 0.1) is 5.92 Å². The van der Waals surface area contributed by atoms with Gasteiger partial charge in [-0.3, -0.25) is 0 Å². The molecule has 1 aromatic carbocycles. The van der Waals surface area contributed by atoms with E-state index in [9.17, 15) is 0 Å². The summed E-state index contributed by atoms with van der Waals surface area (Å²) >= 11 is 9.37. The van der Waals surface area contributed by atoms with E-state index in [0.717, 1.165) is 22.9 Å². The van der Waals surface area contributed by atoms with Gasteiger partial charge < -0.3 is 10.3 Å². The van der Waals surface area contributed by atoms with Crippen molar-refractivity contribution in [1.82, 2.24) is 10.1 Å². The van der Waals surface area contributed by atoms with Gasteiger partial charge in [-0.25, -0.2) is 0 Å². The third kappa shape index (κ3) is 2.30. The van der Waals surface area contributed by atoms with Gasteiger partial charge in [-0.05, 0) is 52.9 Å². The van der Waals surface area contributed by atoms with Gasteiger partial charge in [0.05, 0.1) is 11.1 Å². The highest BCUT2D eigenvalue weighted by atomic mass is 79.9. The first kappa shape index (κ1) is 12.1. The van der Waals surface area contributed by atoms with E-state index in [1.54, 1.807) is 6.07 Å². The van der Waals surface area contributed by atoms with Crippen LogP contribution in [0.25, 0.3) is 11.5 Å². The van der Waals surface area contributed by atoms with Crippen molar-refractivity contribution in [2.24, 2.45) is 11.7 Å². The molecule has 2 aromatic rings. The van der Waals surface area contributed by atoms with Crippen LogP contribution in [0.5, 0.6) is 0 Å². The SMILES string of the molecule is NC(c1noc(-c2ccc(Br)c(Cl)c2)n1)C1CC1. The predicted octanol–water partition coefficient (Wildman–Crippen LogP) is 3.56. The Labute approximate surface area is 118 Å². The first-order valence-electron chi connectivity index (χ1n) is 5.70. The lowest BCUT2D eigenvalue weighted by molar-refractivity contribution is 0.411. The summed E-state index contributed by atoms with van der Waals surface area (Å²) in [6.45, 7) is 0. The standard InChI is InChI=1S/C12H11BrClN3O/c13-8-4-3-7(5-9(8)14)12-16-11(17-18-12)10(15)6-1-2-6/h3-6,10H,1-2,15H2. The lowest BCUT2D eigenvalue weighted by atomic mass is 10.2. The summed E-state index contributed by atoms with van der Waals surface area (Å²) in [5.41, 5.74) is 6.82. The van der Waals surface area contributed by atoms with Crippen molar-refractivity contribution in [2.45, 2.75) is 18.9 Å². The molecule has 1 aromatic heterocycles. The van der Waals surface area contributed by atoms with Gasteiger partial charge in [-0.15, -0.1) is 0 Å². The minimum Gasteiger partial charge on any atom is -0.334 e. The van der Waals surface area contributed by atoms with Crippen LogP contribution in [0.2, 0.25) is 5.02 Å². The molecule has 1 aliphatic rings. The fraction of sp³-hybridized carbons (Fsp3) is 0.333. The third-order valence-corrected chi connectivity index (χ3v) is 4.27. The average Bonchev–Trinajstić information content (AvgIpc) is 3.09. The van der Waals surface area contributed by atoms with Crippen LogP contribution in [0.3, 0.4) is 0 Å². The molecular formula is C12H11BrClN3O. The van der Waals surface area contributed by atoms with Crippen LogP contribution < -0.4 is 5.73 Å². The summed E-state index contributed by atoms with van der Waals surface area (Å²) in [4.78, 5) is 4.34. The van der Waals surface area contributed by atoms with E-state index in [2.05, 4.69) is 26.1 Å². The summed E-state index contributed by atoms with van der Waals surface area (Å²) in [6.07, 6.45) is 2.30. The summed E-state index contributed by atoms with van der Waals surface area (Å²) in [5, 5.41) is 4.55. The van der Waals surface area contributed by atoms with Crippen molar-refractivity contribution in [1.29, 1.82) is 0 Å². The molecule has 0 bridgehead atoms. The molecule has 0 spiro atoms. The second-order valence-corrected chi connectivity index (χ2v) is 5.71. The number of hydrogen-bond donors (Lipinski definition) is 1. The van der Waals surface area contributed by atoms with Gasteiger partial charge in [0, 0.05) is 10.0 Å². The molecule has 18 heavy (non-hydrogen) atoms. The first-order valence-corrected chi connectivity index (χ1v) is 6.87. The normalized spacial score (nSPS) is 16.8. The van der Waals surface area contributed by atoms with E-state index in [4.69, 9.17) is 21.9 Å². The predicted molar refractivity (Wildman–Crippen MR) is 72.1 cm³/mol. The highest BCUT2D eigenvalue weighted by molar-refractivity contribution is 9.10. The van der Waals surface area contributed by atoms with Gasteiger partial charge in [0.15, 0.2) is 5.82 Å². The average molecular weight is 329 g/mol. The molecule has 0 saturated heterocycles. The third-order valence-electron chi connectivity index (χ3n) is 3.04. The largest absolute Gasteiger partial charge is 0.334 e. The molecule has 1 saturated carbocycles. The maximum absolute atomic E-state index is 6.03. The Morgan fingerprint density at radius 2 is 2.22 bits per heavy atom. The minimum absolute atomic E-state index is 0.117. The van der Waals surface area contributed by atoms with E-state index in [1.807, 2.05) is 12.1 Å². The van der Waals surface area contributed by atoms with Gasteiger partial charge in [0.2, 0.25) is 0 Å². The zero-order chi connectivity index (χ0) is 12.7. The smallest absolute Gasteiger partial charge is 0.258 e. The Morgan fingerprint density at radius 3 is 2.89 bits per heavy atom. The Balaban J connectivity index is 1.89. The summed E-state index contributed by atoms with van der Waals surface area (Å²) in [7, 11) is 0. The molecule has 1 aliphatic carbocycles. The van der Waals surface area contributed by atoms with Crippen molar-refractivity contribution in [2.75, 3.05) is 0 Å². The minimum atomic E-state index is -0.117. The fourth-order valence-corrected chi connectivity index (χ4v) is 2.21. The number of halogens is 2. The topological polar surface area (TPSA) is 64.9 Å². The summed E-state index contributed by atoms with van der Waals surface area (Å²) in [6, 6.07) is 5.39. The van der Waals surface area contributed by atoms with E-state index in [-0.39, 0.29) is 6.04 Å². The van der Waals surface area contributed by atoms with Crippen molar-refractivity contribution in [3.05, 3.63) is 33.5 Å². The number of aromatic nitrogens is 2. The van der Waals surface area contributed by atoms with E-state index < -0.39 is 0 Å². The van der Waals surface area contributed by atoms with E-state index in [0.29, 0.717) is 22.7 Å². The molecular weight excluding hydrogens is 318 g/mol. The molecule has 0 radical (unpaired) electrons. The Morgan fingerprint density at radius 1 is 1.44 bits per heavy atom. The summed E-state index contributed by atoms with van der Waals surface area (Å²) < 4.78 is 6.07. The Kier molecular flexibility index (Phi) is 3.13. The van der Waals surface area contributed by atoms with Crippen LogP contribution in [0.1, 0.15) is 24.7 Å². The zero-order valence-corrected chi connectivity index (χ0v) is 11.8. The maximum atomic E-state index is 6.03. The van der Waals surface area contributed by atoms with E-state index in [1.165, 1.54) is 0 Å².